The molecule has 2 rings (SSSR count). The predicted octanol–water partition coefficient (Wildman–Crippen LogP) is 3.49. The first kappa shape index (κ1) is 16.3. The molecule has 2 N–H and O–H groups in total. The molecule has 0 saturated carbocycles. The van der Waals surface area contributed by atoms with Crippen LogP contribution in [0.3, 0.4) is 0 Å². The summed E-state index contributed by atoms with van der Waals surface area (Å²) in [5.74, 6) is -0.492. The summed E-state index contributed by atoms with van der Waals surface area (Å²) >= 11 is 3.22. The molecule has 0 spiro atoms. The van der Waals surface area contributed by atoms with Crippen LogP contribution >= 0.6 is 15.9 Å². The molecule has 2 aromatic rings. The Morgan fingerprint density at radius 2 is 2.05 bits per heavy atom. The SMILES string of the molecule is CC(CCc1ccco1)NC(=O)c1cc(Br)cc(C(=O)O)c1. The van der Waals surface area contributed by atoms with Crippen molar-refractivity contribution in [3.8, 4) is 0 Å². The summed E-state index contributed by atoms with van der Waals surface area (Å²) in [6.45, 7) is 1.90. The van der Waals surface area contributed by atoms with Crippen LogP contribution in [0.15, 0.2) is 45.5 Å². The molecule has 0 fully saturated rings. The maximum absolute atomic E-state index is 12.2. The van der Waals surface area contributed by atoms with Gasteiger partial charge < -0.3 is 14.8 Å². The van der Waals surface area contributed by atoms with Crippen LogP contribution in [0.2, 0.25) is 0 Å². The molecule has 5 nitrogen and oxygen atoms in total. The predicted molar refractivity (Wildman–Crippen MR) is 85.1 cm³/mol. The molecule has 0 bridgehead atoms. The number of furan rings is 1. The van der Waals surface area contributed by atoms with E-state index in [2.05, 4.69) is 21.2 Å². The van der Waals surface area contributed by atoms with Crippen molar-refractivity contribution < 1.29 is 19.1 Å². The molecule has 1 heterocycles. The standard InChI is InChI=1S/C16H16BrNO4/c1-10(4-5-14-3-2-6-22-14)18-15(19)11-7-12(16(20)21)9-13(17)8-11/h2-3,6-10H,4-5H2,1H3,(H,18,19)(H,20,21). The molecule has 1 amide bonds. The lowest BCUT2D eigenvalue weighted by Gasteiger charge is -2.13. The first-order chi connectivity index (χ1) is 10.5. The fourth-order valence-electron chi connectivity index (χ4n) is 2.04. The van der Waals surface area contributed by atoms with Gasteiger partial charge in [-0.05, 0) is 43.7 Å². The second-order valence-corrected chi connectivity index (χ2v) is 5.94. The lowest BCUT2D eigenvalue weighted by Crippen LogP contribution is -2.33. The van der Waals surface area contributed by atoms with Crippen molar-refractivity contribution in [3.05, 3.63) is 58.0 Å². The van der Waals surface area contributed by atoms with E-state index >= 15 is 0 Å². The third kappa shape index (κ3) is 4.46. The number of rotatable bonds is 6. The minimum Gasteiger partial charge on any atom is -0.478 e. The molecule has 0 saturated heterocycles. The van der Waals surface area contributed by atoms with Crippen LogP contribution in [0.1, 0.15) is 39.8 Å². The topological polar surface area (TPSA) is 79.5 Å². The number of nitrogens with one attached hydrogen (secondary N) is 1. The van der Waals surface area contributed by atoms with E-state index in [9.17, 15) is 9.59 Å². The van der Waals surface area contributed by atoms with Gasteiger partial charge in [0.25, 0.3) is 5.91 Å². The molecular weight excluding hydrogens is 350 g/mol. The molecule has 6 heteroatoms. The molecule has 0 radical (unpaired) electrons. The van der Waals surface area contributed by atoms with E-state index in [1.807, 2.05) is 19.1 Å². The number of carboxylic acids is 1. The highest BCUT2D eigenvalue weighted by Gasteiger charge is 2.14. The normalized spacial score (nSPS) is 11.9. The van der Waals surface area contributed by atoms with Gasteiger partial charge in [-0.2, -0.15) is 0 Å². The minimum absolute atomic E-state index is 0.0511. The summed E-state index contributed by atoms with van der Waals surface area (Å²) in [6.07, 6.45) is 3.08. The van der Waals surface area contributed by atoms with Gasteiger partial charge in [-0.25, -0.2) is 4.79 Å². The number of hydrogen-bond acceptors (Lipinski definition) is 3. The van der Waals surface area contributed by atoms with E-state index in [1.54, 1.807) is 12.3 Å². The first-order valence-corrected chi connectivity index (χ1v) is 7.62. The number of benzene rings is 1. The first-order valence-electron chi connectivity index (χ1n) is 6.83. The quantitative estimate of drug-likeness (QED) is 0.820. The Hall–Kier alpha value is -2.08. The molecule has 1 unspecified atom stereocenters. The number of carbonyl (C=O) groups is 2. The molecule has 0 aliphatic heterocycles. The zero-order valence-electron chi connectivity index (χ0n) is 12.0. The van der Waals surface area contributed by atoms with Crippen LogP contribution in [0, 0.1) is 0 Å². The molecule has 0 aliphatic rings. The summed E-state index contributed by atoms with van der Waals surface area (Å²) in [5.41, 5.74) is 0.388. The van der Waals surface area contributed by atoms with E-state index in [-0.39, 0.29) is 17.5 Å². The Balaban J connectivity index is 1.97. The van der Waals surface area contributed by atoms with Crippen LogP contribution < -0.4 is 5.32 Å². The third-order valence-corrected chi connectivity index (χ3v) is 3.65. The van der Waals surface area contributed by atoms with Crippen molar-refractivity contribution in [1.82, 2.24) is 5.32 Å². The summed E-state index contributed by atoms with van der Waals surface area (Å²) in [7, 11) is 0. The molecule has 116 valence electrons. The molecule has 1 aromatic heterocycles. The number of aromatic carboxylic acids is 1. The number of carbonyl (C=O) groups excluding carboxylic acids is 1. The van der Waals surface area contributed by atoms with Crippen molar-refractivity contribution >= 4 is 27.8 Å². The van der Waals surface area contributed by atoms with Crippen LogP contribution in [-0.4, -0.2) is 23.0 Å². The lowest BCUT2D eigenvalue weighted by atomic mass is 10.1. The van der Waals surface area contributed by atoms with Crippen LogP contribution in [-0.2, 0) is 6.42 Å². The molecule has 1 atom stereocenters. The van der Waals surface area contributed by atoms with Gasteiger partial charge in [0.1, 0.15) is 5.76 Å². The summed E-state index contributed by atoms with van der Waals surface area (Å²) < 4.78 is 5.80. The van der Waals surface area contributed by atoms with Crippen molar-refractivity contribution in [1.29, 1.82) is 0 Å². The molecular formula is C16H16BrNO4. The average molecular weight is 366 g/mol. The summed E-state index contributed by atoms with van der Waals surface area (Å²) in [4.78, 5) is 23.2. The molecule has 1 aromatic carbocycles. The number of aryl methyl sites for hydroxylation is 1. The van der Waals surface area contributed by atoms with Gasteiger partial charge in [0.05, 0.1) is 11.8 Å². The van der Waals surface area contributed by atoms with E-state index in [0.29, 0.717) is 10.0 Å². The largest absolute Gasteiger partial charge is 0.478 e. The highest BCUT2D eigenvalue weighted by Crippen LogP contribution is 2.16. The fraction of sp³-hybridized carbons (Fsp3) is 0.250. The monoisotopic (exact) mass is 365 g/mol. The summed E-state index contributed by atoms with van der Waals surface area (Å²) in [6, 6.07) is 8.09. The fourth-order valence-corrected chi connectivity index (χ4v) is 2.53. The lowest BCUT2D eigenvalue weighted by molar-refractivity contribution is 0.0697. The Bertz CT molecular complexity index is 667. The van der Waals surface area contributed by atoms with Gasteiger partial charge >= 0.3 is 5.97 Å². The molecule has 0 aliphatic carbocycles. The number of halogens is 1. The maximum Gasteiger partial charge on any atom is 0.335 e. The zero-order chi connectivity index (χ0) is 16.1. The van der Waals surface area contributed by atoms with E-state index in [0.717, 1.165) is 18.6 Å². The Morgan fingerprint density at radius 3 is 2.68 bits per heavy atom. The maximum atomic E-state index is 12.2. The smallest absolute Gasteiger partial charge is 0.335 e. The number of carboxylic acid groups (broad SMARTS) is 1. The van der Waals surface area contributed by atoms with E-state index in [1.165, 1.54) is 12.1 Å². The number of hydrogen-bond donors (Lipinski definition) is 2. The Kier molecular flexibility index (Phi) is 5.38. The second kappa shape index (κ2) is 7.26. The Labute approximate surface area is 136 Å². The van der Waals surface area contributed by atoms with Crippen LogP contribution in [0.25, 0.3) is 0 Å². The van der Waals surface area contributed by atoms with Gasteiger partial charge in [-0.1, -0.05) is 15.9 Å². The van der Waals surface area contributed by atoms with E-state index < -0.39 is 5.97 Å². The van der Waals surface area contributed by atoms with Crippen LogP contribution in [0.5, 0.6) is 0 Å². The molecule has 22 heavy (non-hydrogen) atoms. The van der Waals surface area contributed by atoms with Gasteiger partial charge in [-0.3, -0.25) is 4.79 Å². The highest BCUT2D eigenvalue weighted by molar-refractivity contribution is 9.10. The van der Waals surface area contributed by atoms with Crippen LogP contribution in [0.4, 0.5) is 0 Å². The van der Waals surface area contributed by atoms with Gasteiger partial charge in [0.2, 0.25) is 0 Å². The highest BCUT2D eigenvalue weighted by atomic mass is 79.9. The van der Waals surface area contributed by atoms with Crippen molar-refractivity contribution in [2.75, 3.05) is 0 Å². The van der Waals surface area contributed by atoms with E-state index in [4.69, 9.17) is 9.52 Å². The zero-order valence-corrected chi connectivity index (χ0v) is 13.6. The van der Waals surface area contributed by atoms with Crippen molar-refractivity contribution in [3.63, 3.8) is 0 Å². The second-order valence-electron chi connectivity index (χ2n) is 5.03. The summed E-state index contributed by atoms with van der Waals surface area (Å²) in [5, 5.41) is 11.9. The van der Waals surface area contributed by atoms with Gasteiger partial charge in [0.15, 0.2) is 0 Å². The third-order valence-electron chi connectivity index (χ3n) is 3.19. The average Bonchev–Trinajstić information content (AvgIpc) is 2.97. The van der Waals surface area contributed by atoms with Gasteiger partial charge in [-0.15, -0.1) is 0 Å². The number of amides is 1. The van der Waals surface area contributed by atoms with Gasteiger partial charge in [0, 0.05) is 22.5 Å². The minimum atomic E-state index is -1.07. The van der Waals surface area contributed by atoms with Crippen molar-refractivity contribution in [2.24, 2.45) is 0 Å². The van der Waals surface area contributed by atoms with Crippen molar-refractivity contribution in [2.45, 2.75) is 25.8 Å². The Morgan fingerprint density at radius 1 is 1.32 bits per heavy atom.